The maximum atomic E-state index is 13.1. The van der Waals surface area contributed by atoms with Crippen molar-refractivity contribution in [3.05, 3.63) is 70.3 Å². The quantitative estimate of drug-likeness (QED) is 0.458. The molecule has 0 aliphatic heterocycles. The topological polar surface area (TPSA) is 65.4 Å². The highest BCUT2D eigenvalue weighted by atomic mass is 79.9. The molecule has 3 aromatic rings. The van der Waals surface area contributed by atoms with E-state index in [1.165, 1.54) is 23.4 Å². The number of rotatable bonds is 4. The van der Waals surface area contributed by atoms with Gasteiger partial charge in [0.2, 0.25) is 0 Å². The average molecular weight is 434 g/mol. The van der Waals surface area contributed by atoms with Crippen molar-refractivity contribution in [2.45, 2.75) is 11.8 Å². The Balaban J connectivity index is 2.24. The molecule has 0 saturated carbocycles. The molecule has 0 amide bonds. The molecular formula is C19H16BrNO4S. The van der Waals surface area contributed by atoms with Crippen molar-refractivity contribution < 1.29 is 17.9 Å². The van der Waals surface area contributed by atoms with Crippen LogP contribution in [-0.4, -0.2) is 25.5 Å². The Morgan fingerprint density at radius 3 is 2.50 bits per heavy atom. The number of hydrogen-bond donors (Lipinski definition) is 0. The molecule has 0 fully saturated rings. The molecule has 3 rings (SSSR count). The highest BCUT2D eigenvalue weighted by Crippen LogP contribution is 2.32. The van der Waals surface area contributed by atoms with E-state index in [9.17, 15) is 13.2 Å². The molecular weight excluding hydrogens is 418 g/mol. The van der Waals surface area contributed by atoms with E-state index >= 15 is 0 Å². The zero-order valence-corrected chi connectivity index (χ0v) is 16.5. The Morgan fingerprint density at radius 2 is 1.85 bits per heavy atom. The van der Waals surface area contributed by atoms with Crippen molar-refractivity contribution in [2.75, 3.05) is 7.11 Å². The third-order valence-electron chi connectivity index (χ3n) is 3.95. The summed E-state index contributed by atoms with van der Waals surface area (Å²) in [5.41, 5.74) is 2.09. The Bertz CT molecular complexity index is 1110. The van der Waals surface area contributed by atoms with Gasteiger partial charge in [-0.3, -0.25) is 0 Å². The second-order valence-electron chi connectivity index (χ2n) is 5.69. The number of hydrogen-bond acceptors (Lipinski definition) is 4. The number of methoxy groups -OCH3 is 1. The number of fused-ring (bicyclic) bond motifs is 1. The number of carbonyl (C=O) groups is 1. The molecule has 0 aliphatic carbocycles. The van der Waals surface area contributed by atoms with E-state index in [4.69, 9.17) is 0 Å². The van der Waals surface area contributed by atoms with Crippen LogP contribution >= 0.6 is 15.9 Å². The Morgan fingerprint density at radius 1 is 1.15 bits per heavy atom. The first kappa shape index (κ1) is 18.4. The van der Waals surface area contributed by atoms with Gasteiger partial charge >= 0.3 is 5.97 Å². The summed E-state index contributed by atoms with van der Waals surface area (Å²) in [6.45, 7) is 1.90. The van der Waals surface area contributed by atoms with Gasteiger partial charge in [-0.25, -0.2) is 17.2 Å². The van der Waals surface area contributed by atoms with E-state index in [2.05, 4.69) is 20.7 Å². The lowest BCUT2D eigenvalue weighted by Crippen LogP contribution is -2.11. The first-order valence-electron chi connectivity index (χ1n) is 7.72. The van der Waals surface area contributed by atoms with Gasteiger partial charge in [-0.05, 0) is 37.3 Å². The number of benzene rings is 2. The molecule has 134 valence electrons. The fourth-order valence-corrected chi connectivity index (χ4v) is 4.57. The van der Waals surface area contributed by atoms with E-state index in [-0.39, 0.29) is 4.90 Å². The predicted molar refractivity (Wildman–Crippen MR) is 104 cm³/mol. The molecule has 1 aromatic heterocycles. The molecule has 0 radical (unpaired) electrons. The van der Waals surface area contributed by atoms with Crippen LogP contribution in [0.15, 0.2) is 64.1 Å². The van der Waals surface area contributed by atoms with Gasteiger partial charge in [0.05, 0.1) is 17.5 Å². The molecule has 0 bridgehead atoms. The number of esters is 1. The molecule has 26 heavy (non-hydrogen) atoms. The van der Waals surface area contributed by atoms with Gasteiger partial charge in [0.25, 0.3) is 10.0 Å². The summed E-state index contributed by atoms with van der Waals surface area (Å²) in [6, 6.07) is 12.0. The van der Waals surface area contributed by atoms with Crippen molar-refractivity contribution in [3.63, 3.8) is 0 Å². The van der Waals surface area contributed by atoms with Gasteiger partial charge in [-0.15, -0.1) is 0 Å². The lowest BCUT2D eigenvalue weighted by molar-refractivity contribution is -0.134. The summed E-state index contributed by atoms with van der Waals surface area (Å²) in [5, 5.41) is 0.698. The molecule has 0 aliphatic rings. The number of nitrogens with zero attached hydrogens (tertiary/aromatic N) is 1. The van der Waals surface area contributed by atoms with Crippen molar-refractivity contribution in [3.8, 4) is 0 Å². The molecule has 0 N–H and O–H groups in total. The van der Waals surface area contributed by atoms with Crippen molar-refractivity contribution in [2.24, 2.45) is 0 Å². The van der Waals surface area contributed by atoms with Crippen molar-refractivity contribution >= 4 is 48.9 Å². The van der Waals surface area contributed by atoms with Crippen LogP contribution in [0.3, 0.4) is 0 Å². The number of aryl methyl sites for hydroxylation is 1. The minimum Gasteiger partial charge on any atom is -0.466 e. The molecule has 0 atom stereocenters. The van der Waals surface area contributed by atoms with Crippen LogP contribution in [0.4, 0.5) is 0 Å². The second kappa shape index (κ2) is 7.09. The average Bonchev–Trinajstić information content (AvgIpc) is 3.01. The third kappa shape index (κ3) is 3.32. The van der Waals surface area contributed by atoms with Gasteiger partial charge in [-0.1, -0.05) is 39.7 Å². The molecule has 0 saturated heterocycles. The monoisotopic (exact) mass is 433 g/mol. The molecule has 7 heteroatoms. The van der Waals surface area contributed by atoms with Gasteiger partial charge in [0, 0.05) is 27.7 Å². The predicted octanol–water partition coefficient (Wildman–Crippen LogP) is 4.14. The normalized spacial score (nSPS) is 12.0. The summed E-state index contributed by atoms with van der Waals surface area (Å²) in [6.07, 6.45) is 4.31. The zero-order valence-electron chi connectivity index (χ0n) is 14.1. The number of aromatic nitrogens is 1. The molecule has 0 unspecified atom stereocenters. The molecule has 1 heterocycles. The van der Waals surface area contributed by atoms with Crippen molar-refractivity contribution in [1.82, 2.24) is 3.97 Å². The zero-order chi connectivity index (χ0) is 18.9. The summed E-state index contributed by atoms with van der Waals surface area (Å²) in [5.74, 6) is -0.514. The van der Waals surface area contributed by atoms with Crippen LogP contribution in [0.5, 0.6) is 0 Å². The number of halogens is 1. The summed E-state index contributed by atoms with van der Waals surface area (Å²) in [4.78, 5) is 11.6. The van der Waals surface area contributed by atoms with Crippen molar-refractivity contribution in [1.29, 1.82) is 0 Å². The minimum atomic E-state index is -3.78. The standard InChI is InChI=1S/C19H16BrNO4S/c1-13-6-9-15(10-7-13)26(23,24)21-12-14(8-11-18(22)25-2)19-16(20)4-3-5-17(19)21/h3-12H,1-2H3/b11-8+. The minimum absolute atomic E-state index is 0.198. The maximum Gasteiger partial charge on any atom is 0.330 e. The Kier molecular flexibility index (Phi) is 5.02. The third-order valence-corrected chi connectivity index (χ3v) is 6.30. The maximum absolute atomic E-state index is 13.1. The van der Waals surface area contributed by atoms with Gasteiger partial charge in [0.1, 0.15) is 0 Å². The van der Waals surface area contributed by atoms with Crippen LogP contribution in [-0.2, 0) is 19.6 Å². The Hall–Kier alpha value is -2.38. The fraction of sp³-hybridized carbons (Fsp3) is 0.105. The highest BCUT2D eigenvalue weighted by molar-refractivity contribution is 9.10. The summed E-state index contributed by atoms with van der Waals surface area (Å²) in [7, 11) is -2.49. The number of carbonyl (C=O) groups excluding carboxylic acids is 1. The van der Waals surface area contributed by atoms with Gasteiger partial charge in [-0.2, -0.15) is 0 Å². The smallest absolute Gasteiger partial charge is 0.330 e. The van der Waals surface area contributed by atoms with E-state index in [1.54, 1.807) is 42.5 Å². The molecule has 2 aromatic carbocycles. The first-order valence-corrected chi connectivity index (χ1v) is 9.96. The van der Waals surface area contributed by atoms with Crippen LogP contribution in [0.1, 0.15) is 11.1 Å². The van der Waals surface area contributed by atoms with E-state index in [1.807, 2.05) is 13.0 Å². The second-order valence-corrected chi connectivity index (χ2v) is 8.36. The largest absolute Gasteiger partial charge is 0.466 e. The summed E-state index contributed by atoms with van der Waals surface area (Å²) < 4.78 is 32.8. The molecule has 0 spiro atoms. The van der Waals surface area contributed by atoms with E-state index < -0.39 is 16.0 Å². The summed E-state index contributed by atoms with van der Waals surface area (Å²) >= 11 is 3.46. The number of ether oxygens (including phenoxy) is 1. The lowest BCUT2D eigenvalue weighted by Gasteiger charge is -2.08. The highest BCUT2D eigenvalue weighted by Gasteiger charge is 2.21. The van der Waals surface area contributed by atoms with E-state index in [0.29, 0.717) is 16.5 Å². The molecule has 5 nitrogen and oxygen atoms in total. The van der Waals surface area contributed by atoms with Gasteiger partial charge < -0.3 is 4.74 Å². The Labute approximate surface area is 160 Å². The van der Waals surface area contributed by atoms with Crippen LogP contribution in [0.2, 0.25) is 0 Å². The fourth-order valence-electron chi connectivity index (χ4n) is 2.62. The van der Waals surface area contributed by atoms with E-state index in [0.717, 1.165) is 10.0 Å². The first-order chi connectivity index (χ1) is 12.3. The lowest BCUT2D eigenvalue weighted by atomic mass is 10.1. The van der Waals surface area contributed by atoms with Gasteiger partial charge in [0.15, 0.2) is 0 Å². The SMILES string of the molecule is COC(=O)/C=C/c1cn(S(=O)(=O)c2ccc(C)cc2)c2cccc(Br)c12. The van der Waals surface area contributed by atoms with Crippen LogP contribution in [0.25, 0.3) is 17.0 Å². The van der Waals surface area contributed by atoms with Crippen LogP contribution in [0, 0.1) is 6.92 Å². The van der Waals surface area contributed by atoms with Crippen LogP contribution < -0.4 is 0 Å².